The summed E-state index contributed by atoms with van der Waals surface area (Å²) < 4.78 is 37.9. The molecule has 3 rings (SSSR count). The summed E-state index contributed by atoms with van der Waals surface area (Å²) in [5.74, 6) is 0.585. The van der Waals surface area contributed by atoms with Gasteiger partial charge in [-0.05, 0) is 61.2 Å². The van der Waals surface area contributed by atoms with E-state index in [9.17, 15) is 13.2 Å². The maximum atomic E-state index is 13.0. The fourth-order valence-electron chi connectivity index (χ4n) is 3.14. The predicted molar refractivity (Wildman–Crippen MR) is 107 cm³/mol. The highest BCUT2D eigenvalue weighted by molar-refractivity contribution is 7.89. The molecule has 0 aliphatic carbocycles. The average molecular weight is 424 g/mol. The molecule has 150 valence electrons. The topological polar surface area (TPSA) is 72.9 Å². The van der Waals surface area contributed by atoms with E-state index in [0.717, 1.165) is 12.8 Å². The number of carbonyl (C=O) groups is 1. The largest absolute Gasteiger partial charge is 0.497 e. The number of halogens is 1. The lowest BCUT2D eigenvalue weighted by molar-refractivity contribution is 0.0734. The van der Waals surface area contributed by atoms with Crippen molar-refractivity contribution in [1.82, 2.24) is 4.31 Å². The summed E-state index contributed by atoms with van der Waals surface area (Å²) in [5.41, 5.74) is 0.115. The fourth-order valence-corrected chi connectivity index (χ4v) is 5.24. The van der Waals surface area contributed by atoms with Crippen LogP contribution < -0.4 is 9.47 Å². The van der Waals surface area contributed by atoms with Crippen molar-refractivity contribution in [2.24, 2.45) is 5.92 Å². The van der Waals surface area contributed by atoms with E-state index in [1.807, 2.05) is 6.92 Å². The molecule has 28 heavy (non-hydrogen) atoms. The van der Waals surface area contributed by atoms with Gasteiger partial charge in [-0.25, -0.2) is 13.2 Å². The molecule has 8 heteroatoms. The molecule has 6 nitrogen and oxygen atoms in total. The average Bonchev–Trinajstić information content (AvgIpc) is 2.68. The normalized spacial score (nSPS) is 17.9. The van der Waals surface area contributed by atoms with Crippen molar-refractivity contribution >= 4 is 27.6 Å². The summed E-state index contributed by atoms with van der Waals surface area (Å²) in [4.78, 5) is 12.4. The van der Waals surface area contributed by atoms with E-state index in [4.69, 9.17) is 21.1 Å². The Balaban J connectivity index is 1.84. The second kappa shape index (κ2) is 8.51. The van der Waals surface area contributed by atoms with Gasteiger partial charge < -0.3 is 9.47 Å². The van der Waals surface area contributed by atoms with Gasteiger partial charge in [0.05, 0.1) is 17.7 Å². The molecule has 2 aromatic carbocycles. The van der Waals surface area contributed by atoms with Crippen LogP contribution in [-0.2, 0) is 10.0 Å². The molecule has 1 unspecified atom stereocenters. The number of nitrogens with zero attached hydrogens (tertiary/aromatic N) is 1. The molecule has 1 heterocycles. The Morgan fingerprint density at radius 3 is 2.46 bits per heavy atom. The van der Waals surface area contributed by atoms with Gasteiger partial charge in [-0.3, -0.25) is 0 Å². The van der Waals surface area contributed by atoms with Crippen LogP contribution in [0.5, 0.6) is 11.5 Å². The molecule has 0 saturated carbocycles. The number of hydrogen-bond donors (Lipinski definition) is 0. The molecular formula is C20H22ClNO5S. The lowest BCUT2D eigenvalue weighted by atomic mass is 10.0. The van der Waals surface area contributed by atoms with E-state index in [1.165, 1.54) is 22.5 Å². The second-order valence-corrected chi connectivity index (χ2v) is 9.13. The van der Waals surface area contributed by atoms with E-state index in [-0.39, 0.29) is 21.4 Å². The van der Waals surface area contributed by atoms with E-state index in [2.05, 4.69) is 0 Å². The zero-order chi connectivity index (χ0) is 20.3. The third-order valence-corrected chi connectivity index (χ3v) is 7.02. The first-order valence-corrected chi connectivity index (χ1v) is 10.8. The van der Waals surface area contributed by atoms with Crippen LogP contribution in [0.1, 0.15) is 30.1 Å². The Kier molecular flexibility index (Phi) is 6.27. The molecule has 1 aliphatic rings. The van der Waals surface area contributed by atoms with Crippen LogP contribution in [0.2, 0.25) is 5.02 Å². The highest BCUT2D eigenvalue weighted by Gasteiger charge is 2.31. The fraction of sp³-hybridized carbons (Fsp3) is 0.350. The summed E-state index contributed by atoms with van der Waals surface area (Å²) in [6.45, 7) is 2.91. The number of esters is 1. The SMILES string of the molecule is COc1ccc(OC(=O)c2ccc(Cl)c(S(=O)(=O)N3CCCC(C)C3)c2)cc1. The van der Waals surface area contributed by atoms with Gasteiger partial charge in [-0.2, -0.15) is 4.31 Å². The Bertz CT molecular complexity index is 959. The van der Waals surface area contributed by atoms with Gasteiger partial charge in [0.1, 0.15) is 16.4 Å². The van der Waals surface area contributed by atoms with Crippen molar-refractivity contribution in [1.29, 1.82) is 0 Å². The van der Waals surface area contributed by atoms with Crippen LogP contribution in [-0.4, -0.2) is 38.9 Å². The standard InChI is InChI=1S/C20H22ClNO5S/c1-14-4-3-11-22(13-14)28(24,25)19-12-15(5-10-18(19)21)20(23)27-17-8-6-16(26-2)7-9-17/h5-10,12,14H,3-4,11,13H2,1-2H3. The van der Waals surface area contributed by atoms with Crippen LogP contribution in [0.15, 0.2) is 47.4 Å². The van der Waals surface area contributed by atoms with Gasteiger partial charge in [0.25, 0.3) is 0 Å². The number of sulfonamides is 1. The Labute approximate surface area is 170 Å². The summed E-state index contributed by atoms with van der Waals surface area (Å²) in [5, 5.41) is 0.0826. The summed E-state index contributed by atoms with van der Waals surface area (Å²) in [6.07, 6.45) is 1.80. The minimum atomic E-state index is -3.79. The molecule has 1 fully saturated rings. The van der Waals surface area contributed by atoms with Gasteiger partial charge in [0.15, 0.2) is 0 Å². The number of methoxy groups -OCH3 is 1. The van der Waals surface area contributed by atoms with Crippen LogP contribution >= 0.6 is 11.6 Å². The van der Waals surface area contributed by atoms with E-state index in [0.29, 0.717) is 24.6 Å². The summed E-state index contributed by atoms with van der Waals surface area (Å²) >= 11 is 6.16. The lowest BCUT2D eigenvalue weighted by Gasteiger charge is -2.30. The van der Waals surface area contributed by atoms with E-state index in [1.54, 1.807) is 31.4 Å². The minimum Gasteiger partial charge on any atom is -0.497 e. The summed E-state index contributed by atoms with van der Waals surface area (Å²) in [7, 11) is -2.24. The Morgan fingerprint density at radius 1 is 1.14 bits per heavy atom. The number of piperidine rings is 1. The van der Waals surface area contributed by atoms with Crippen molar-refractivity contribution < 1.29 is 22.7 Å². The predicted octanol–water partition coefficient (Wildman–Crippen LogP) is 3.99. The number of carbonyl (C=O) groups excluding carboxylic acids is 1. The molecule has 0 amide bonds. The molecule has 0 spiro atoms. The first kappa shape index (κ1) is 20.6. The second-order valence-electron chi connectivity index (χ2n) is 6.82. The van der Waals surface area contributed by atoms with Crippen molar-refractivity contribution in [3.63, 3.8) is 0 Å². The molecular weight excluding hydrogens is 402 g/mol. The van der Waals surface area contributed by atoms with Crippen molar-refractivity contribution in [3.05, 3.63) is 53.1 Å². The molecule has 1 aliphatic heterocycles. The first-order valence-electron chi connectivity index (χ1n) is 8.97. The van der Waals surface area contributed by atoms with Gasteiger partial charge in [0, 0.05) is 13.1 Å². The summed E-state index contributed by atoms with van der Waals surface area (Å²) in [6, 6.07) is 10.7. The number of benzene rings is 2. The monoisotopic (exact) mass is 423 g/mol. The smallest absolute Gasteiger partial charge is 0.343 e. The highest BCUT2D eigenvalue weighted by Crippen LogP contribution is 2.29. The first-order chi connectivity index (χ1) is 13.3. The van der Waals surface area contributed by atoms with Gasteiger partial charge >= 0.3 is 5.97 Å². The van der Waals surface area contributed by atoms with Gasteiger partial charge in [0.2, 0.25) is 10.0 Å². The van der Waals surface area contributed by atoms with Gasteiger partial charge in [-0.15, -0.1) is 0 Å². The van der Waals surface area contributed by atoms with E-state index < -0.39 is 16.0 Å². The zero-order valence-corrected chi connectivity index (χ0v) is 17.3. The third kappa shape index (κ3) is 4.48. The molecule has 0 bridgehead atoms. The van der Waals surface area contributed by atoms with Crippen LogP contribution in [0.25, 0.3) is 0 Å². The number of rotatable bonds is 5. The van der Waals surface area contributed by atoms with Crippen LogP contribution in [0.4, 0.5) is 0 Å². The van der Waals surface area contributed by atoms with Gasteiger partial charge in [-0.1, -0.05) is 18.5 Å². The Morgan fingerprint density at radius 2 is 1.82 bits per heavy atom. The molecule has 0 N–H and O–H groups in total. The zero-order valence-electron chi connectivity index (χ0n) is 15.7. The maximum Gasteiger partial charge on any atom is 0.343 e. The van der Waals surface area contributed by atoms with Crippen molar-refractivity contribution in [3.8, 4) is 11.5 Å². The number of hydrogen-bond acceptors (Lipinski definition) is 5. The molecule has 0 aromatic heterocycles. The minimum absolute atomic E-state index is 0.0764. The molecule has 0 radical (unpaired) electrons. The van der Waals surface area contributed by atoms with Crippen molar-refractivity contribution in [2.75, 3.05) is 20.2 Å². The van der Waals surface area contributed by atoms with Crippen molar-refractivity contribution in [2.45, 2.75) is 24.7 Å². The Hall–Kier alpha value is -2.09. The van der Waals surface area contributed by atoms with E-state index >= 15 is 0 Å². The molecule has 1 saturated heterocycles. The third-order valence-electron chi connectivity index (χ3n) is 4.67. The highest BCUT2D eigenvalue weighted by atomic mass is 35.5. The lowest BCUT2D eigenvalue weighted by Crippen LogP contribution is -2.39. The van der Waals surface area contributed by atoms with Crippen LogP contribution in [0, 0.1) is 5.92 Å². The number of ether oxygens (including phenoxy) is 2. The maximum absolute atomic E-state index is 13.0. The molecule has 1 atom stereocenters. The quantitative estimate of drug-likeness (QED) is 0.537. The van der Waals surface area contributed by atoms with Crippen LogP contribution in [0.3, 0.4) is 0 Å². The molecule has 2 aromatic rings.